The van der Waals surface area contributed by atoms with Gasteiger partial charge in [-0.3, -0.25) is 37.3 Å². The van der Waals surface area contributed by atoms with E-state index in [2.05, 4.69) is 55.4 Å². The van der Waals surface area contributed by atoms with Crippen LogP contribution in [0.5, 0.6) is 0 Å². The van der Waals surface area contributed by atoms with E-state index in [1.807, 2.05) is 0 Å². The first-order valence-electron chi connectivity index (χ1n) is 36.7. The molecule has 0 rings (SSSR count). The summed E-state index contributed by atoms with van der Waals surface area (Å²) in [5, 5.41) is 10.6. The number of esters is 4. The zero-order chi connectivity index (χ0) is 66.8. The zero-order valence-corrected chi connectivity index (χ0v) is 60.6. The molecular weight excluding hydrogens is 1190 g/mol. The van der Waals surface area contributed by atoms with Crippen LogP contribution in [0.4, 0.5) is 0 Å². The number of aliphatic hydroxyl groups is 1. The fourth-order valence-electron chi connectivity index (χ4n) is 10.6. The molecule has 0 aliphatic rings. The normalized spacial score (nSPS) is 14.6. The van der Waals surface area contributed by atoms with E-state index in [1.54, 1.807) is 0 Å². The molecule has 17 nitrogen and oxygen atoms in total. The van der Waals surface area contributed by atoms with Crippen LogP contribution in [-0.2, 0) is 65.4 Å². The second-order valence-corrected chi connectivity index (χ2v) is 30.2. The van der Waals surface area contributed by atoms with E-state index in [4.69, 9.17) is 37.0 Å². The highest BCUT2D eigenvalue weighted by atomic mass is 31.2. The number of carbonyl (C=O) groups excluding carboxylic acids is 4. The summed E-state index contributed by atoms with van der Waals surface area (Å²) in [5.74, 6) is 0.893. The fourth-order valence-corrected chi connectivity index (χ4v) is 12.2. The molecule has 0 saturated carbocycles. The van der Waals surface area contributed by atoms with Gasteiger partial charge in [-0.2, -0.15) is 0 Å². The van der Waals surface area contributed by atoms with Crippen LogP contribution in [-0.4, -0.2) is 96.7 Å². The van der Waals surface area contributed by atoms with Gasteiger partial charge in [-0.15, -0.1) is 0 Å². The van der Waals surface area contributed by atoms with Crippen molar-refractivity contribution < 1.29 is 80.2 Å². The average molecular weight is 1330 g/mol. The summed E-state index contributed by atoms with van der Waals surface area (Å²) in [6.45, 7) is 14.1. The zero-order valence-electron chi connectivity index (χ0n) is 58.8. The molecule has 0 spiro atoms. The van der Waals surface area contributed by atoms with Crippen molar-refractivity contribution >= 4 is 39.5 Å². The molecule has 0 radical (unpaired) electrons. The lowest BCUT2D eigenvalue weighted by Gasteiger charge is -2.21. The lowest BCUT2D eigenvalue weighted by molar-refractivity contribution is -0.161. The molecule has 3 N–H and O–H groups in total. The van der Waals surface area contributed by atoms with Crippen LogP contribution in [0.2, 0.25) is 0 Å². The minimum absolute atomic E-state index is 0.105. The van der Waals surface area contributed by atoms with E-state index in [-0.39, 0.29) is 25.7 Å². The summed E-state index contributed by atoms with van der Waals surface area (Å²) in [6, 6.07) is 0. The molecule has 0 fully saturated rings. The van der Waals surface area contributed by atoms with E-state index in [1.165, 1.54) is 154 Å². The van der Waals surface area contributed by atoms with Gasteiger partial charge in [0, 0.05) is 25.7 Å². The smallest absolute Gasteiger partial charge is 0.462 e. The predicted molar refractivity (Wildman–Crippen MR) is 363 cm³/mol. The molecule has 0 aromatic rings. The lowest BCUT2D eigenvalue weighted by atomic mass is 9.99. The summed E-state index contributed by atoms with van der Waals surface area (Å²) >= 11 is 0. The first kappa shape index (κ1) is 88.1. The van der Waals surface area contributed by atoms with Crippen molar-refractivity contribution in [3.63, 3.8) is 0 Å². The van der Waals surface area contributed by atoms with Crippen molar-refractivity contribution in [2.75, 3.05) is 39.6 Å². The third kappa shape index (κ3) is 63.5. The third-order valence-corrected chi connectivity index (χ3v) is 18.6. The quantitative estimate of drug-likeness (QED) is 0.0222. The van der Waals surface area contributed by atoms with Crippen molar-refractivity contribution in [2.24, 2.45) is 23.7 Å². The lowest BCUT2D eigenvalue weighted by Crippen LogP contribution is -2.30. The second kappa shape index (κ2) is 60.7. The highest BCUT2D eigenvalue weighted by molar-refractivity contribution is 7.47. The van der Waals surface area contributed by atoms with Crippen molar-refractivity contribution in [3.05, 3.63) is 0 Å². The molecular formula is C71H138O17P2. The monoisotopic (exact) mass is 1320 g/mol. The summed E-state index contributed by atoms with van der Waals surface area (Å²) < 4.78 is 68.3. The van der Waals surface area contributed by atoms with Crippen molar-refractivity contribution in [1.82, 2.24) is 0 Å². The second-order valence-electron chi connectivity index (χ2n) is 27.3. The summed E-state index contributed by atoms with van der Waals surface area (Å²) in [5.41, 5.74) is 0. The van der Waals surface area contributed by atoms with Gasteiger partial charge in [-0.25, -0.2) is 9.13 Å². The summed E-state index contributed by atoms with van der Waals surface area (Å²) in [4.78, 5) is 72.6. The Morgan fingerprint density at radius 1 is 0.311 bits per heavy atom. The highest BCUT2D eigenvalue weighted by Gasteiger charge is 2.30. The molecule has 6 atom stereocenters. The molecule has 0 saturated heterocycles. The molecule has 0 heterocycles. The Kier molecular flexibility index (Phi) is 59.4. The summed E-state index contributed by atoms with van der Waals surface area (Å²) in [7, 11) is -9.91. The Hall–Kier alpha value is -1.94. The van der Waals surface area contributed by atoms with Gasteiger partial charge in [0.1, 0.15) is 19.3 Å². The van der Waals surface area contributed by atoms with Crippen LogP contribution < -0.4 is 0 Å². The first-order valence-corrected chi connectivity index (χ1v) is 39.7. The molecule has 0 amide bonds. The Morgan fingerprint density at radius 3 is 0.789 bits per heavy atom. The maximum atomic E-state index is 13.0. The predicted octanol–water partition coefficient (Wildman–Crippen LogP) is 20.1. The van der Waals surface area contributed by atoms with Gasteiger partial charge in [-0.1, -0.05) is 299 Å². The van der Waals surface area contributed by atoms with Crippen molar-refractivity contribution in [3.8, 4) is 0 Å². The number of phosphoric acid groups is 2. The van der Waals surface area contributed by atoms with Crippen molar-refractivity contribution in [2.45, 2.75) is 369 Å². The summed E-state index contributed by atoms with van der Waals surface area (Å²) in [6.07, 6.45) is 43.0. The van der Waals surface area contributed by atoms with Gasteiger partial charge in [0.15, 0.2) is 12.2 Å². The average Bonchev–Trinajstić information content (AvgIpc) is 3.42. The maximum Gasteiger partial charge on any atom is 0.472 e. The molecule has 90 heavy (non-hydrogen) atoms. The molecule has 0 bridgehead atoms. The SMILES string of the molecule is CCC(C)CCCCCCCCCCC(=O)OC[C@H](COP(=O)(O)OCC(O)COP(=O)(O)OC[C@@H](COC(=O)CCCCCCCCCCC(C)C)OC(=O)CCCCCCCCCCCCCC(C)C)OC(=O)CCCCCCCCCCCCC(C)C. The van der Waals surface area contributed by atoms with Gasteiger partial charge >= 0.3 is 39.5 Å². The number of hydrogen-bond donors (Lipinski definition) is 3. The van der Waals surface area contributed by atoms with Crippen LogP contribution in [0.15, 0.2) is 0 Å². The number of unbranched alkanes of at least 4 members (excludes halogenated alkanes) is 33. The van der Waals surface area contributed by atoms with Gasteiger partial charge in [0.25, 0.3) is 0 Å². The first-order chi connectivity index (χ1) is 43.1. The molecule has 19 heteroatoms. The standard InChI is InChI=1S/C71H138O17P2/c1-9-64(8)50-42-34-26-20-22-28-36-44-52-69(74)82-58-67(88-71(76)54-46-38-30-18-14-13-16-24-32-40-48-62(4)5)60-86-90(79,80)84-56-65(72)55-83-89(77,78)85-59-66(57-81-68(73)51-43-35-27-21-19-25-33-41-49-63(6)7)87-70(75)53-45-37-29-17-12-10-11-15-23-31-39-47-61(2)3/h61-67,72H,9-60H2,1-8H3,(H,77,78)(H,79,80)/t64?,65?,66-,67-/m1/s1. The number of aliphatic hydroxyl groups excluding tert-OH is 1. The molecule has 0 aliphatic heterocycles. The van der Waals surface area contributed by atoms with Crippen LogP contribution >= 0.6 is 15.6 Å². The van der Waals surface area contributed by atoms with Crippen LogP contribution in [0.25, 0.3) is 0 Å². The molecule has 0 aromatic heterocycles. The largest absolute Gasteiger partial charge is 0.472 e. The van der Waals surface area contributed by atoms with Gasteiger partial charge in [0.2, 0.25) is 0 Å². The van der Waals surface area contributed by atoms with Crippen molar-refractivity contribution in [1.29, 1.82) is 0 Å². The van der Waals surface area contributed by atoms with Crippen LogP contribution in [0, 0.1) is 23.7 Å². The Bertz CT molecular complexity index is 1780. The fraction of sp³-hybridized carbons (Fsp3) is 0.944. The number of hydrogen-bond acceptors (Lipinski definition) is 15. The number of rotatable bonds is 68. The van der Waals surface area contributed by atoms with E-state index >= 15 is 0 Å². The molecule has 534 valence electrons. The van der Waals surface area contributed by atoms with Crippen LogP contribution in [0.3, 0.4) is 0 Å². The number of carbonyl (C=O) groups is 4. The molecule has 0 aromatic carbocycles. The maximum absolute atomic E-state index is 13.0. The Balaban J connectivity index is 5.27. The third-order valence-electron chi connectivity index (χ3n) is 16.7. The van der Waals surface area contributed by atoms with Gasteiger partial charge < -0.3 is 33.8 Å². The highest BCUT2D eigenvalue weighted by Crippen LogP contribution is 2.45. The van der Waals surface area contributed by atoms with E-state index in [0.717, 1.165) is 114 Å². The van der Waals surface area contributed by atoms with E-state index in [0.29, 0.717) is 25.7 Å². The number of ether oxygens (including phenoxy) is 4. The van der Waals surface area contributed by atoms with Gasteiger partial charge in [-0.05, 0) is 49.4 Å². The molecule has 0 aliphatic carbocycles. The minimum Gasteiger partial charge on any atom is -0.462 e. The topological polar surface area (TPSA) is 237 Å². The Labute approximate surface area is 549 Å². The van der Waals surface area contributed by atoms with E-state index < -0.39 is 97.5 Å². The van der Waals surface area contributed by atoms with Crippen LogP contribution in [0.1, 0.15) is 351 Å². The minimum atomic E-state index is -4.95. The Morgan fingerprint density at radius 2 is 0.533 bits per heavy atom. The van der Waals surface area contributed by atoms with Gasteiger partial charge in [0.05, 0.1) is 26.4 Å². The van der Waals surface area contributed by atoms with E-state index in [9.17, 15) is 43.2 Å². The molecule has 4 unspecified atom stereocenters. The number of phosphoric ester groups is 2.